The van der Waals surface area contributed by atoms with Gasteiger partial charge in [-0.2, -0.15) is 0 Å². The van der Waals surface area contributed by atoms with Crippen molar-refractivity contribution < 1.29 is 17.9 Å². The largest absolute Gasteiger partial charge is 0.376 e. The smallest absolute Gasteiger partial charge is 0.253 e. The van der Waals surface area contributed by atoms with Gasteiger partial charge in [0.1, 0.15) is 0 Å². The summed E-state index contributed by atoms with van der Waals surface area (Å²) in [6, 6.07) is 6.46. The number of carbonyl (C=O) groups is 1. The van der Waals surface area contributed by atoms with Crippen LogP contribution in [0.25, 0.3) is 0 Å². The molecule has 1 saturated heterocycles. The van der Waals surface area contributed by atoms with Crippen molar-refractivity contribution in [1.29, 1.82) is 0 Å². The Hall–Kier alpha value is -1.60. The number of sulfonamides is 1. The molecular weight excluding hydrogens is 304 g/mol. The fraction of sp³-hybridized carbons (Fsp3) is 0.533. The van der Waals surface area contributed by atoms with Crippen LogP contribution in [-0.2, 0) is 14.8 Å². The second-order valence-electron chi connectivity index (χ2n) is 5.36. The Balaban J connectivity index is 2.12. The molecule has 122 valence electrons. The highest BCUT2D eigenvalue weighted by atomic mass is 32.2. The summed E-state index contributed by atoms with van der Waals surface area (Å²) in [5.41, 5.74) is 0.603. The third-order valence-electron chi connectivity index (χ3n) is 3.70. The lowest BCUT2D eigenvalue weighted by Gasteiger charge is -2.21. The van der Waals surface area contributed by atoms with E-state index in [1.807, 2.05) is 6.92 Å². The van der Waals surface area contributed by atoms with E-state index in [4.69, 9.17) is 4.74 Å². The van der Waals surface area contributed by atoms with Gasteiger partial charge in [-0.3, -0.25) is 9.52 Å². The number of amides is 1. The maximum atomic E-state index is 12.4. The molecular formula is C15H22N2O4S. The third kappa shape index (κ3) is 4.20. The van der Waals surface area contributed by atoms with E-state index in [1.54, 1.807) is 31.2 Å². The van der Waals surface area contributed by atoms with Crippen LogP contribution >= 0.6 is 0 Å². The second-order valence-corrected chi connectivity index (χ2v) is 7.38. The van der Waals surface area contributed by atoms with Crippen LogP contribution in [-0.4, -0.2) is 38.8 Å². The van der Waals surface area contributed by atoms with Gasteiger partial charge in [0.25, 0.3) is 5.91 Å². The van der Waals surface area contributed by atoms with Crippen LogP contribution in [0.5, 0.6) is 0 Å². The Bertz CT molecular complexity index is 624. The second kappa shape index (κ2) is 7.11. The Morgan fingerprint density at radius 2 is 2.14 bits per heavy atom. The molecule has 2 N–H and O–H groups in total. The number of ether oxygens (including phenoxy) is 1. The number of anilines is 1. The predicted molar refractivity (Wildman–Crippen MR) is 85.4 cm³/mol. The molecule has 0 bridgehead atoms. The molecule has 1 fully saturated rings. The highest BCUT2D eigenvalue weighted by Gasteiger charge is 2.25. The quantitative estimate of drug-likeness (QED) is 0.834. The summed E-state index contributed by atoms with van der Waals surface area (Å²) in [4.78, 5) is 12.4. The van der Waals surface area contributed by atoms with Gasteiger partial charge in [0.05, 0.1) is 29.1 Å². The van der Waals surface area contributed by atoms with Gasteiger partial charge in [-0.05, 0) is 38.8 Å². The van der Waals surface area contributed by atoms with E-state index in [2.05, 4.69) is 10.0 Å². The van der Waals surface area contributed by atoms with Gasteiger partial charge >= 0.3 is 0 Å². The van der Waals surface area contributed by atoms with E-state index in [1.165, 1.54) is 0 Å². The van der Waals surface area contributed by atoms with Gasteiger partial charge in [-0.1, -0.05) is 12.1 Å². The van der Waals surface area contributed by atoms with Crippen molar-refractivity contribution in [3.63, 3.8) is 0 Å². The van der Waals surface area contributed by atoms with Crippen molar-refractivity contribution in [3.8, 4) is 0 Å². The number of hydrogen-bond acceptors (Lipinski definition) is 4. The minimum absolute atomic E-state index is 0.0171. The Morgan fingerprint density at radius 3 is 2.77 bits per heavy atom. The number of carbonyl (C=O) groups excluding carboxylic acids is 1. The van der Waals surface area contributed by atoms with Crippen molar-refractivity contribution >= 4 is 21.6 Å². The molecule has 1 aromatic carbocycles. The van der Waals surface area contributed by atoms with Crippen LogP contribution in [0.15, 0.2) is 24.3 Å². The van der Waals surface area contributed by atoms with Gasteiger partial charge in [0.15, 0.2) is 0 Å². The zero-order valence-corrected chi connectivity index (χ0v) is 13.7. The van der Waals surface area contributed by atoms with Crippen LogP contribution in [0, 0.1) is 0 Å². The summed E-state index contributed by atoms with van der Waals surface area (Å²) in [5.74, 6) is -0.354. The Kier molecular flexibility index (Phi) is 5.42. The third-order valence-corrected chi connectivity index (χ3v) is 4.99. The molecule has 2 atom stereocenters. The first kappa shape index (κ1) is 16.8. The molecule has 0 spiro atoms. The molecule has 0 aromatic heterocycles. The van der Waals surface area contributed by atoms with Crippen molar-refractivity contribution in [2.24, 2.45) is 0 Å². The van der Waals surface area contributed by atoms with Gasteiger partial charge in [-0.15, -0.1) is 0 Å². The number of benzene rings is 1. The van der Waals surface area contributed by atoms with Crippen LogP contribution < -0.4 is 10.0 Å². The molecule has 1 heterocycles. The number of para-hydroxylation sites is 1. The lowest BCUT2D eigenvalue weighted by atomic mass is 10.1. The SMILES string of the molecule is CCS(=O)(=O)Nc1ccccc1C(=O)N[C@H](C)[C@H]1CCCO1. The highest BCUT2D eigenvalue weighted by Crippen LogP contribution is 2.19. The predicted octanol–water partition coefficient (Wildman–Crippen LogP) is 1.75. The topological polar surface area (TPSA) is 84.5 Å². The minimum Gasteiger partial charge on any atom is -0.376 e. The molecule has 2 rings (SSSR count). The van der Waals surface area contributed by atoms with Crippen LogP contribution in [0.3, 0.4) is 0 Å². The average molecular weight is 326 g/mol. The lowest BCUT2D eigenvalue weighted by molar-refractivity contribution is 0.0713. The molecule has 22 heavy (non-hydrogen) atoms. The normalized spacial score (nSPS) is 19.6. The highest BCUT2D eigenvalue weighted by molar-refractivity contribution is 7.92. The number of nitrogens with one attached hydrogen (secondary N) is 2. The molecule has 7 heteroatoms. The molecule has 0 radical (unpaired) electrons. The first-order valence-electron chi connectivity index (χ1n) is 7.45. The first-order chi connectivity index (χ1) is 10.4. The minimum atomic E-state index is -3.43. The van der Waals surface area contributed by atoms with Gasteiger partial charge < -0.3 is 10.1 Å². The van der Waals surface area contributed by atoms with Gasteiger partial charge in [-0.25, -0.2) is 8.42 Å². The molecule has 1 aromatic rings. The van der Waals surface area contributed by atoms with E-state index in [-0.39, 0.29) is 23.8 Å². The molecule has 1 aliphatic heterocycles. The molecule has 0 saturated carbocycles. The van der Waals surface area contributed by atoms with Crippen molar-refractivity contribution in [1.82, 2.24) is 5.32 Å². The monoisotopic (exact) mass is 326 g/mol. The zero-order valence-electron chi connectivity index (χ0n) is 12.8. The fourth-order valence-corrected chi connectivity index (χ4v) is 3.04. The molecule has 0 aliphatic carbocycles. The van der Waals surface area contributed by atoms with Crippen LogP contribution in [0.1, 0.15) is 37.0 Å². The Morgan fingerprint density at radius 1 is 1.41 bits per heavy atom. The average Bonchev–Trinajstić information content (AvgIpc) is 3.01. The van der Waals surface area contributed by atoms with E-state index >= 15 is 0 Å². The van der Waals surface area contributed by atoms with E-state index in [0.717, 1.165) is 19.4 Å². The number of hydrogen-bond donors (Lipinski definition) is 2. The van der Waals surface area contributed by atoms with E-state index in [9.17, 15) is 13.2 Å². The lowest BCUT2D eigenvalue weighted by Crippen LogP contribution is -2.41. The van der Waals surface area contributed by atoms with Crippen LogP contribution in [0.4, 0.5) is 5.69 Å². The van der Waals surface area contributed by atoms with Crippen molar-refractivity contribution in [2.45, 2.75) is 38.8 Å². The van der Waals surface area contributed by atoms with E-state index in [0.29, 0.717) is 11.3 Å². The summed E-state index contributed by atoms with van der Waals surface area (Å²) in [7, 11) is -3.43. The first-order valence-corrected chi connectivity index (χ1v) is 9.10. The fourth-order valence-electron chi connectivity index (χ4n) is 2.38. The molecule has 6 nitrogen and oxygen atoms in total. The summed E-state index contributed by atoms with van der Waals surface area (Å²) in [6.07, 6.45) is 1.94. The van der Waals surface area contributed by atoms with Crippen LogP contribution in [0.2, 0.25) is 0 Å². The van der Waals surface area contributed by atoms with E-state index < -0.39 is 10.0 Å². The van der Waals surface area contributed by atoms with Gasteiger partial charge in [0, 0.05) is 6.61 Å². The van der Waals surface area contributed by atoms with Gasteiger partial charge in [0.2, 0.25) is 10.0 Å². The molecule has 1 aliphatic rings. The zero-order chi connectivity index (χ0) is 16.2. The maximum absolute atomic E-state index is 12.4. The summed E-state index contributed by atoms with van der Waals surface area (Å²) in [5, 5.41) is 2.88. The summed E-state index contributed by atoms with van der Waals surface area (Å²) < 4.78 is 31.4. The van der Waals surface area contributed by atoms with Crippen molar-refractivity contribution in [3.05, 3.63) is 29.8 Å². The maximum Gasteiger partial charge on any atom is 0.253 e. The standard InChI is InChI=1S/C15H22N2O4S/c1-3-22(19,20)17-13-8-5-4-7-12(13)15(18)16-11(2)14-9-6-10-21-14/h4-5,7-8,11,14,17H,3,6,9-10H2,1-2H3,(H,16,18)/t11-,14-/m1/s1. The van der Waals surface area contributed by atoms with Crippen molar-refractivity contribution in [2.75, 3.05) is 17.1 Å². The molecule has 1 amide bonds. The Labute approximate surface area is 131 Å². The summed E-state index contributed by atoms with van der Waals surface area (Å²) in [6.45, 7) is 4.16. The molecule has 0 unspecified atom stereocenters. The number of rotatable bonds is 6. The summed E-state index contributed by atoms with van der Waals surface area (Å²) >= 11 is 0.